The summed E-state index contributed by atoms with van der Waals surface area (Å²) in [6.45, 7) is 5.62. The molecule has 0 saturated heterocycles. The van der Waals surface area contributed by atoms with Gasteiger partial charge in [0.05, 0.1) is 0 Å². The summed E-state index contributed by atoms with van der Waals surface area (Å²) in [7, 11) is 0. The van der Waals surface area contributed by atoms with Crippen LogP contribution in [0.2, 0.25) is 0 Å². The number of carbonyl (C=O) groups excluding carboxylic acids is 1. The van der Waals surface area contributed by atoms with E-state index in [1.165, 1.54) is 54.4 Å². The summed E-state index contributed by atoms with van der Waals surface area (Å²) in [5.74, 6) is 0.445. The maximum Gasteiger partial charge on any atom is 0.227 e. The molecule has 1 amide bonds. The van der Waals surface area contributed by atoms with Crippen molar-refractivity contribution in [1.29, 1.82) is 0 Å². The van der Waals surface area contributed by atoms with Crippen LogP contribution in [0.3, 0.4) is 0 Å². The van der Waals surface area contributed by atoms with Crippen LogP contribution in [0.4, 0.5) is 5.69 Å². The molecule has 0 unspecified atom stereocenters. The number of rotatable bonds is 5. The Morgan fingerprint density at radius 3 is 2.74 bits per heavy atom. The molecule has 0 atom stereocenters. The van der Waals surface area contributed by atoms with E-state index in [9.17, 15) is 4.79 Å². The molecule has 2 aromatic rings. The van der Waals surface area contributed by atoms with E-state index in [2.05, 4.69) is 39.9 Å². The number of nitrogens with zero attached hydrogens (tertiary/aromatic N) is 2. The van der Waals surface area contributed by atoms with E-state index in [-0.39, 0.29) is 11.8 Å². The van der Waals surface area contributed by atoms with Crippen molar-refractivity contribution in [2.75, 3.05) is 11.9 Å². The fourth-order valence-corrected chi connectivity index (χ4v) is 5.20. The van der Waals surface area contributed by atoms with E-state index >= 15 is 0 Å². The Morgan fingerprint density at radius 1 is 1.19 bits per heavy atom. The van der Waals surface area contributed by atoms with Crippen molar-refractivity contribution in [2.24, 2.45) is 5.92 Å². The smallest absolute Gasteiger partial charge is 0.227 e. The molecule has 3 aliphatic rings. The fourth-order valence-electron chi connectivity index (χ4n) is 5.20. The second-order valence-corrected chi connectivity index (χ2v) is 8.73. The molecule has 27 heavy (non-hydrogen) atoms. The van der Waals surface area contributed by atoms with E-state index in [1.54, 1.807) is 0 Å². The van der Waals surface area contributed by atoms with Gasteiger partial charge in [0.25, 0.3) is 0 Å². The minimum Gasteiger partial charge on any atom is -0.344 e. The Hall–Kier alpha value is -1.81. The lowest BCUT2D eigenvalue weighted by Gasteiger charge is -2.33. The molecule has 2 aliphatic carbocycles. The van der Waals surface area contributed by atoms with Crippen LogP contribution in [-0.2, 0) is 24.3 Å². The number of aryl methyl sites for hydroxylation is 1. The van der Waals surface area contributed by atoms with Gasteiger partial charge in [-0.25, -0.2) is 0 Å². The fraction of sp³-hybridized carbons (Fsp3) is 0.609. The Balaban J connectivity index is 1.51. The van der Waals surface area contributed by atoms with Crippen molar-refractivity contribution in [3.8, 4) is 0 Å². The third kappa shape index (κ3) is 3.18. The predicted octanol–water partition coefficient (Wildman–Crippen LogP) is 4.70. The maximum atomic E-state index is 12.2. The van der Waals surface area contributed by atoms with Crippen LogP contribution in [0.15, 0.2) is 18.2 Å². The summed E-state index contributed by atoms with van der Waals surface area (Å²) in [6.07, 6.45) is 9.93. The van der Waals surface area contributed by atoms with Crippen LogP contribution >= 0.6 is 0 Å². The molecule has 2 fully saturated rings. The highest BCUT2D eigenvalue weighted by Crippen LogP contribution is 2.36. The van der Waals surface area contributed by atoms with Gasteiger partial charge < -0.3 is 9.88 Å². The average molecular weight is 366 g/mol. The molecule has 5 rings (SSSR count). The first-order valence-corrected chi connectivity index (χ1v) is 10.9. The van der Waals surface area contributed by atoms with Crippen molar-refractivity contribution in [3.05, 3.63) is 29.5 Å². The molecule has 0 radical (unpaired) electrons. The summed E-state index contributed by atoms with van der Waals surface area (Å²) >= 11 is 0. The second kappa shape index (κ2) is 6.97. The van der Waals surface area contributed by atoms with Gasteiger partial charge in [0.1, 0.15) is 0 Å². The highest BCUT2D eigenvalue weighted by Gasteiger charge is 2.31. The van der Waals surface area contributed by atoms with Gasteiger partial charge in [-0.15, -0.1) is 0 Å². The zero-order valence-electron chi connectivity index (χ0n) is 16.5. The highest BCUT2D eigenvalue weighted by molar-refractivity contribution is 5.97. The minimum absolute atomic E-state index is 0.198. The first-order chi connectivity index (χ1) is 13.2. The van der Waals surface area contributed by atoms with Gasteiger partial charge >= 0.3 is 0 Å². The number of anilines is 1. The molecule has 0 spiro atoms. The predicted molar refractivity (Wildman–Crippen MR) is 110 cm³/mol. The lowest BCUT2D eigenvalue weighted by atomic mass is 10.0. The van der Waals surface area contributed by atoms with Crippen LogP contribution in [0.5, 0.6) is 0 Å². The zero-order valence-corrected chi connectivity index (χ0v) is 16.5. The third-order valence-electron chi connectivity index (χ3n) is 6.79. The Kier molecular flexibility index (Phi) is 4.47. The quantitative estimate of drug-likeness (QED) is 0.834. The molecule has 144 valence electrons. The molecule has 1 aromatic carbocycles. The largest absolute Gasteiger partial charge is 0.344 e. The van der Waals surface area contributed by atoms with Crippen LogP contribution in [0.1, 0.15) is 63.1 Å². The van der Waals surface area contributed by atoms with Gasteiger partial charge in [-0.2, -0.15) is 0 Å². The van der Waals surface area contributed by atoms with E-state index in [1.807, 2.05) is 0 Å². The van der Waals surface area contributed by atoms with Crippen molar-refractivity contribution in [2.45, 2.75) is 77.4 Å². The van der Waals surface area contributed by atoms with Gasteiger partial charge in [0.2, 0.25) is 5.91 Å². The van der Waals surface area contributed by atoms with Gasteiger partial charge in [0.15, 0.2) is 0 Å². The highest BCUT2D eigenvalue weighted by atomic mass is 16.2. The second-order valence-electron chi connectivity index (χ2n) is 8.73. The Morgan fingerprint density at radius 2 is 2.00 bits per heavy atom. The molecule has 0 bridgehead atoms. The maximum absolute atomic E-state index is 12.2. The number of benzene rings is 1. The SMILES string of the molecule is CCCn1c2c(c3cc(NC(=O)C4CC4)ccc31)CN(C1CCCC1)CC2. The molecule has 1 aliphatic heterocycles. The third-order valence-corrected chi connectivity index (χ3v) is 6.79. The number of hydrogen-bond donors (Lipinski definition) is 1. The molecular formula is C23H31N3O. The van der Waals surface area contributed by atoms with Gasteiger partial charge in [-0.3, -0.25) is 9.69 Å². The van der Waals surface area contributed by atoms with E-state index in [0.717, 1.165) is 50.5 Å². The van der Waals surface area contributed by atoms with Crippen molar-refractivity contribution < 1.29 is 4.79 Å². The monoisotopic (exact) mass is 365 g/mol. The molecular weight excluding hydrogens is 334 g/mol. The molecule has 2 saturated carbocycles. The minimum atomic E-state index is 0.198. The summed E-state index contributed by atoms with van der Waals surface area (Å²) in [4.78, 5) is 14.9. The molecule has 4 heteroatoms. The molecule has 1 aromatic heterocycles. The number of nitrogens with one attached hydrogen (secondary N) is 1. The summed E-state index contributed by atoms with van der Waals surface area (Å²) in [6, 6.07) is 7.33. The first-order valence-electron chi connectivity index (χ1n) is 10.9. The molecule has 1 N–H and O–H groups in total. The number of carbonyl (C=O) groups is 1. The lowest BCUT2D eigenvalue weighted by Crippen LogP contribution is -2.38. The number of hydrogen-bond acceptors (Lipinski definition) is 2. The lowest BCUT2D eigenvalue weighted by molar-refractivity contribution is -0.117. The van der Waals surface area contributed by atoms with E-state index in [4.69, 9.17) is 0 Å². The van der Waals surface area contributed by atoms with Gasteiger partial charge in [0, 0.05) is 60.3 Å². The Bertz CT molecular complexity index is 858. The summed E-state index contributed by atoms with van der Waals surface area (Å²) in [5, 5.41) is 4.50. The van der Waals surface area contributed by atoms with Crippen molar-refractivity contribution in [3.63, 3.8) is 0 Å². The zero-order chi connectivity index (χ0) is 18.4. The van der Waals surface area contributed by atoms with Gasteiger partial charge in [-0.1, -0.05) is 19.8 Å². The topological polar surface area (TPSA) is 37.3 Å². The average Bonchev–Trinajstić information content (AvgIpc) is 3.32. The van der Waals surface area contributed by atoms with Crippen LogP contribution < -0.4 is 5.32 Å². The molecule has 4 nitrogen and oxygen atoms in total. The Labute approximate surface area is 161 Å². The summed E-state index contributed by atoms with van der Waals surface area (Å²) < 4.78 is 2.54. The first kappa shape index (κ1) is 17.3. The van der Waals surface area contributed by atoms with Gasteiger partial charge in [-0.05, 0) is 55.9 Å². The van der Waals surface area contributed by atoms with Crippen LogP contribution in [0, 0.1) is 5.92 Å². The van der Waals surface area contributed by atoms with E-state index < -0.39 is 0 Å². The summed E-state index contributed by atoms with van der Waals surface area (Å²) in [5.41, 5.74) is 5.36. The number of fused-ring (bicyclic) bond motifs is 3. The van der Waals surface area contributed by atoms with Crippen molar-refractivity contribution >= 4 is 22.5 Å². The van der Waals surface area contributed by atoms with Crippen molar-refractivity contribution in [1.82, 2.24) is 9.47 Å². The molecule has 2 heterocycles. The number of amides is 1. The standard InChI is InChI=1S/C23H31N3O/c1-2-12-26-21-10-9-17(24-23(27)16-7-8-16)14-19(21)20-15-25(13-11-22(20)26)18-5-3-4-6-18/h9-10,14,16,18H,2-8,11-13,15H2,1H3,(H,24,27). The van der Waals surface area contributed by atoms with E-state index in [0.29, 0.717) is 0 Å². The van der Waals surface area contributed by atoms with Crippen LogP contribution in [-0.4, -0.2) is 28.0 Å². The van der Waals surface area contributed by atoms with Crippen LogP contribution in [0.25, 0.3) is 10.9 Å². The normalized spacial score (nSPS) is 20.9. The number of aromatic nitrogens is 1.